The number of amidine groups is 1. The van der Waals surface area contributed by atoms with Gasteiger partial charge in [-0.15, -0.1) is 0 Å². The topological polar surface area (TPSA) is 120 Å². The Bertz CT molecular complexity index is 741. The number of rotatable bonds is 6. The van der Waals surface area contributed by atoms with Gasteiger partial charge in [0.2, 0.25) is 5.91 Å². The molecule has 2 amide bonds. The van der Waals surface area contributed by atoms with Gasteiger partial charge in [-0.05, 0) is 19.8 Å². The van der Waals surface area contributed by atoms with Crippen molar-refractivity contribution in [2.24, 2.45) is 5.92 Å². The summed E-state index contributed by atoms with van der Waals surface area (Å²) in [5.41, 5.74) is 0.555. The minimum Gasteiger partial charge on any atom is -0.450 e. The van der Waals surface area contributed by atoms with Crippen LogP contribution in [-0.4, -0.2) is 59.4 Å². The molecule has 8 nitrogen and oxygen atoms in total. The molecule has 1 unspecified atom stereocenters. The van der Waals surface area contributed by atoms with Crippen molar-refractivity contribution in [2.75, 3.05) is 19.7 Å². The summed E-state index contributed by atoms with van der Waals surface area (Å²) in [5.74, 6) is -1.13. The lowest BCUT2D eigenvalue weighted by atomic mass is 9.94. The number of likely N-dealkylation sites (tertiary alicyclic amines) is 1. The number of alkyl carbamates (subject to hydrolysis) is 1. The SMILES string of the molecule is CCOC(=O)NC(=N)c1ccccc1C(=O)CC(C)C(=O)N1CCC(O)CC1. The van der Waals surface area contributed by atoms with E-state index in [9.17, 15) is 19.5 Å². The molecule has 28 heavy (non-hydrogen) atoms. The minimum atomic E-state index is -0.759. The summed E-state index contributed by atoms with van der Waals surface area (Å²) in [7, 11) is 0. The van der Waals surface area contributed by atoms with Gasteiger partial charge in [-0.1, -0.05) is 31.2 Å². The Hall–Kier alpha value is -2.74. The molecule has 0 bridgehead atoms. The summed E-state index contributed by atoms with van der Waals surface area (Å²) in [5, 5.41) is 19.9. The second-order valence-electron chi connectivity index (χ2n) is 6.85. The number of amides is 2. The monoisotopic (exact) mass is 389 g/mol. The number of Topliss-reactive ketones (excluding diaryl/α,β-unsaturated/α-hetero) is 1. The van der Waals surface area contributed by atoms with E-state index in [0.29, 0.717) is 25.9 Å². The Morgan fingerprint density at radius 3 is 2.46 bits per heavy atom. The average molecular weight is 389 g/mol. The molecule has 1 atom stereocenters. The number of nitrogens with zero attached hydrogens (tertiary/aromatic N) is 1. The Morgan fingerprint density at radius 2 is 1.86 bits per heavy atom. The van der Waals surface area contributed by atoms with Gasteiger partial charge in [-0.2, -0.15) is 0 Å². The van der Waals surface area contributed by atoms with Gasteiger partial charge in [0.05, 0.1) is 12.7 Å². The summed E-state index contributed by atoms with van der Waals surface area (Å²) in [6.07, 6.45) is -0.0317. The summed E-state index contributed by atoms with van der Waals surface area (Å²) in [6, 6.07) is 6.49. The van der Waals surface area contributed by atoms with Gasteiger partial charge in [-0.3, -0.25) is 20.3 Å². The van der Waals surface area contributed by atoms with E-state index < -0.39 is 12.0 Å². The third-order valence-corrected chi connectivity index (χ3v) is 4.69. The highest BCUT2D eigenvalue weighted by atomic mass is 16.5. The van der Waals surface area contributed by atoms with Crippen LogP contribution in [0.25, 0.3) is 0 Å². The maximum absolute atomic E-state index is 12.8. The first-order valence-corrected chi connectivity index (χ1v) is 9.45. The van der Waals surface area contributed by atoms with Gasteiger partial charge in [0.25, 0.3) is 0 Å². The van der Waals surface area contributed by atoms with Crippen LogP contribution in [0.4, 0.5) is 4.79 Å². The van der Waals surface area contributed by atoms with Crippen LogP contribution in [0.5, 0.6) is 0 Å². The van der Waals surface area contributed by atoms with E-state index in [1.165, 1.54) is 0 Å². The smallest absolute Gasteiger partial charge is 0.412 e. The van der Waals surface area contributed by atoms with Gasteiger partial charge >= 0.3 is 6.09 Å². The van der Waals surface area contributed by atoms with Crippen molar-refractivity contribution in [3.8, 4) is 0 Å². The van der Waals surface area contributed by atoms with Gasteiger partial charge in [-0.25, -0.2) is 4.79 Å². The Morgan fingerprint density at radius 1 is 1.25 bits per heavy atom. The molecule has 1 saturated heterocycles. The number of hydrogen-bond acceptors (Lipinski definition) is 6. The van der Waals surface area contributed by atoms with Crippen LogP contribution in [-0.2, 0) is 9.53 Å². The number of piperidine rings is 1. The van der Waals surface area contributed by atoms with Gasteiger partial charge in [0.15, 0.2) is 5.78 Å². The molecule has 3 N–H and O–H groups in total. The van der Waals surface area contributed by atoms with E-state index in [4.69, 9.17) is 10.1 Å². The van der Waals surface area contributed by atoms with Crippen LogP contribution >= 0.6 is 0 Å². The van der Waals surface area contributed by atoms with Crippen LogP contribution in [0.3, 0.4) is 0 Å². The maximum Gasteiger partial charge on any atom is 0.412 e. The fourth-order valence-corrected chi connectivity index (χ4v) is 3.15. The average Bonchev–Trinajstić information content (AvgIpc) is 2.68. The lowest BCUT2D eigenvalue weighted by Gasteiger charge is -2.31. The van der Waals surface area contributed by atoms with Crippen molar-refractivity contribution in [3.63, 3.8) is 0 Å². The van der Waals surface area contributed by atoms with E-state index in [-0.39, 0.29) is 47.8 Å². The second-order valence-corrected chi connectivity index (χ2v) is 6.85. The number of carbonyl (C=O) groups is 3. The largest absolute Gasteiger partial charge is 0.450 e. The van der Waals surface area contributed by atoms with Crippen molar-refractivity contribution in [1.82, 2.24) is 10.2 Å². The van der Waals surface area contributed by atoms with E-state index in [2.05, 4.69) is 5.32 Å². The highest BCUT2D eigenvalue weighted by molar-refractivity contribution is 6.12. The summed E-state index contributed by atoms with van der Waals surface area (Å²) < 4.78 is 4.76. The van der Waals surface area contributed by atoms with E-state index in [0.717, 1.165) is 0 Å². The van der Waals surface area contributed by atoms with E-state index >= 15 is 0 Å². The van der Waals surface area contributed by atoms with Gasteiger partial charge in [0, 0.05) is 36.6 Å². The molecule has 1 aromatic carbocycles. The van der Waals surface area contributed by atoms with Crippen molar-refractivity contribution in [3.05, 3.63) is 35.4 Å². The number of hydrogen-bond donors (Lipinski definition) is 3. The first-order valence-electron chi connectivity index (χ1n) is 9.45. The van der Waals surface area contributed by atoms with Crippen molar-refractivity contribution in [1.29, 1.82) is 5.41 Å². The Balaban J connectivity index is 2.04. The Labute approximate surface area is 164 Å². The zero-order valence-electron chi connectivity index (χ0n) is 16.2. The molecule has 0 radical (unpaired) electrons. The second kappa shape index (κ2) is 9.98. The predicted molar refractivity (Wildman–Crippen MR) is 103 cm³/mol. The molecule has 1 heterocycles. The summed E-state index contributed by atoms with van der Waals surface area (Å²) in [6.45, 7) is 4.51. The quantitative estimate of drug-likeness (QED) is 0.390. The van der Waals surface area contributed by atoms with E-state index in [1.807, 2.05) is 0 Å². The molecular weight excluding hydrogens is 362 g/mol. The Kier molecular flexibility index (Phi) is 7.69. The molecule has 1 aromatic rings. The number of aliphatic hydroxyl groups is 1. The van der Waals surface area contributed by atoms with Crippen LogP contribution in [0, 0.1) is 11.3 Å². The third kappa shape index (κ3) is 5.63. The lowest BCUT2D eigenvalue weighted by Crippen LogP contribution is -2.42. The summed E-state index contributed by atoms with van der Waals surface area (Å²) >= 11 is 0. The number of ketones is 1. The summed E-state index contributed by atoms with van der Waals surface area (Å²) in [4.78, 5) is 38.6. The first kappa shape index (κ1) is 21.6. The van der Waals surface area contributed by atoms with E-state index in [1.54, 1.807) is 43.0 Å². The van der Waals surface area contributed by atoms with Crippen LogP contribution in [0.1, 0.15) is 49.0 Å². The molecule has 0 spiro atoms. The fourth-order valence-electron chi connectivity index (χ4n) is 3.15. The molecule has 1 fully saturated rings. The van der Waals surface area contributed by atoms with Crippen LogP contribution in [0.2, 0.25) is 0 Å². The molecular formula is C20H27N3O5. The molecule has 0 aliphatic carbocycles. The lowest BCUT2D eigenvalue weighted by molar-refractivity contribution is -0.136. The molecule has 1 aliphatic rings. The molecule has 8 heteroatoms. The van der Waals surface area contributed by atoms with Crippen molar-refractivity contribution in [2.45, 2.75) is 39.2 Å². The number of aliphatic hydroxyl groups excluding tert-OH is 1. The first-order chi connectivity index (χ1) is 13.3. The molecule has 0 aromatic heterocycles. The number of benzene rings is 1. The number of ether oxygens (including phenoxy) is 1. The standard InChI is InChI=1S/C20H27N3O5/c1-3-28-20(27)22-18(21)16-7-5-4-6-15(16)17(25)12-13(2)19(26)23-10-8-14(24)9-11-23/h4-7,13-14,24H,3,8-12H2,1-2H3,(H2,21,22,27). The van der Waals surface area contributed by atoms with Gasteiger partial charge in [0.1, 0.15) is 5.84 Å². The van der Waals surface area contributed by atoms with Crippen molar-refractivity contribution >= 4 is 23.6 Å². The van der Waals surface area contributed by atoms with Crippen LogP contribution in [0.15, 0.2) is 24.3 Å². The molecule has 152 valence electrons. The zero-order chi connectivity index (χ0) is 20.7. The van der Waals surface area contributed by atoms with Crippen molar-refractivity contribution < 1.29 is 24.2 Å². The third-order valence-electron chi connectivity index (χ3n) is 4.69. The highest BCUT2D eigenvalue weighted by Crippen LogP contribution is 2.19. The fraction of sp³-hybridized carbons (Fsp3) is 0.500. The minimum absolute atomic E-state index is 0.00157. The number of carbonyl (C=O) groups excluding carboxylic acids is 3. The predicted octanol–water partition coefficient (Wildman–Crippen LogP) is 1.95. The normalized spacial score (nSPS) is 15.6. The number of nitrogens with one attached hydrogen (secondary N) is 2. The maximum atomic E-state index is 12.8. The molecule has 0 saturated carbocycles. The van der Waals surface area contributed by atoms with Crippen LogP contribution < -0.4 is 5.32 Å². The van der Waals surface area contributed by atoms with Gasteiger partial charge < -0.3 is 14.7 Å². The highest BCUT2D eigenvalue weighted by Gasteiger charge is 2.27. The molecule has 1 aliphatic heterocycles. The molecule has 2 rings (SSSR count). The zero-order valence-corrected chi connectivity index (χ0v) is 16.2.